The molecule has 0 atom stereocenters. The SMILES string of the molecule is Cc1cc(Br)ccc1NN(CCc1ccccc1)C(=O)c1ccc(F)c(F)c1. The normalized spacial score (nSPS) is 10.6. The van der Waals surface area contributed by atoms with Crippen molar-refractivity contribution in [3.63, 3.8) is 0 Å². The van der Waals surface area contributed by atoms with Crippen LogP contribution in [-0.4, -0.2) is 17.5 Å². The molecule has 0 aromatic heterocycles. The van der Waals surface area contributed by atoms with E-state index in [1.165, 1.54) is 11.1 Å². The van der Waals surface area contributed by atoms with E-state index in [2.05, 4.69) is 21.4 Å². The molecule has 0 aliphatic heterocycles. The van der Waals surface area contributed by atoms with E-state index in [1.54, 1.807) is 0 Å². The summed E-state index contributed by atoms with van der Waals surface area (Å²) in [6.07, 6.45) is 0.610. The second-order valence-electron chi connectivity index (χ2n) is 6.39. The Balaban J connectivity index is 1.86. The summed E-state index contributed by atoms with van der Waals surface area (Å²) in [5.41, 5.74) is 5.97. The molecule has 144 valence electrons. The molecule has 3 aromatic carbocycles. The van der Waals surface area contributed by atoms with Crippen LogP contribution in [0.2, 0.25) is 0 Å². The van der Waals surface area contributed by atoms with Crippen LogP contribution >= 0.6 is 15.9 Å². The number of rotatable bonds is 6. The van der Waals surface area contributed by atoms with Gasteiger partial charge < -0.3 is 0 Å². The maximum absolute atomic E-state index is 13.6. The van der Waals surface area contributed by atoms with Crippen LogP contribution < -0.4 is 5.43 Å². The molecule has 3 aromatic rings. The lowest BCUT2D eigenvalue weighted by atomic mass is 10.1. The number of amides is 1. The molecule has 0 radical (unpaired) electrons. The first kappa shape index (κ1) is 20.0. The third kappa shape index (κ3) is 4.95. The molecule has 6 heteroatoms. The van der Waals surface area contributed by atoms with Crippen molar-refractivity contribution in [2.24, 2.45) is 0 Å². The predicted octanol–water partition coefficient (Wildman–Crippen LogP) is 5.75. The Kier molecular flexibility index (Phi) is 6.41. The standard InChI is InChI=1S/C22H19BrF2N2O/c1-15-13-18(23)8-10-21(15)26-27(12-11-16-5-3-2-4-6-16)22(28)17-7-9-19(24)20(25)14-17/h2-10,13-14,26H,11-12H2,1H3. The average Bonchev–Trinajstić information content (AvgIpc) is 2.69. The van der Waals surface area contributed by atoms with Crippen molar-refractivity contribution in [1.82, 2.24) is 5.01 Å². The van der Waals surface area contributed by atoms with Gasteiger partial charge in [-0.1, -0.05) is 46.3 Å². The molecule has 0 heterocycles. The molecule has 3 rings (SSSR count). The van der Waals surface area contributed by atoms with Gasteiger partial charge in [0.25, 0.3) is 5.91 Å². The predicted molar refractivity (Wildman–Crippen MR) is 110 cm³/mol. The van der Waals surface area contributed by atoms with Gasteiger partial charge >= 0.3 is 0 Å². The van der Waals surface area contributed by atoms with Crippen LogP contribution in [-0.2, 0) is 6.42 Å². The summed E-state index contributed by atoms with van der Waals surface area (Å²) in [5.74, 6) is -2.46. The number of carbonyl (C=O) groups excluding carboxylic acids is 1. The summed E-state index contributed by atoms with van der Waals surface area (Å²) in [5, 5.41) is 1.43. The van der Waals surface area contributed by atoms with Crippen LogP contribution in [0.15, 0.2) is 71.2 Å². The summed E-state index contributed by atoms with van der Waals surface area (Å²) >= 11 is 3.42. The fraction of sp³-hybridized carbons (Fsp3) is 0.136. The summed E-state index contributed by atoms with van der Waals surface area (Å²) < 4.78 is 27.8. The van der Waals surface area contributed by atoms with E-state index in [0.29, 0.717) is 13.0 Å². The number of nitrogens with one attached hydrogen (secondary N) is 1. The van der Waals surface area contributed by atoms with Crippen LogP contribution in [0.25, 0.3) is 0 Å². The molecule has 0 fully saturated rings. The van der Waals surface area contributed by atoms with E-state index in [1.807, 2.05) is 55.5 Å². The van der Waals surface area contributed by atoms with Gasteiger partial charge in [0, 0.05) is 16.6 Å². The minimum atomic E-state index is -1.05. The first-order chi connectivity index (χ1) is 13.4. The molecule has 0 aliphatic carbocycles. The van der Waals surface area contributed by atoms with Gasteiger partial charge in [-0.3, -0.25) is 15.2 Å². The fourth-order valence-electron chi connectivity index (χ4n) is 2.78. The zero-order chi connectivity index (χ0) is 20.1. The van der Waals surface area contributed by atoms with E-state index in [-0.39, 0.29) is 5.56 Å². The van der Waals surface area contributed by atoms with Crippen molar-refractivity contribution in [1.29, 1.82) is 0 Å². The van der Waals surface area contributed by atoms with Crippen LogP contribution in [0.4, 0.5) is 14.5 Å². The Bertz CT molecular complexity index is 980. The Morgan fingerprint density at radius 1 is 1.00 bits per heavy atom. The molecule has 1 N–H and O–H groups in total. The van der Waals surface area contributed by atoms with Crippen LogP contribution in [0.1, 0.15) is 21.5 Å². The van der Waals surface area contributed by atoms with Crippen LogP contribution in [0, 0.1) is 18.6 Å². The first-order valence-electron chi connectivity index (χ1n) is 8.77. The highest BCUT2D eigenvalue weighted by Crippen LogP contribution is 2.21. The number of carbonyl (C=O) groups is 1. The van der Waals surface area contributed by atoms with E-state index in [9.17, 15) is 13.6 Å². The number of nitrogens with zero attached hydrogens (tertiary/aromatic N) is 1. The largest absolute Gasteiger partial charge is 0.296 e. The van der Waals surface area contributed by atoms with Gasteiger partial charge in [0.05, 0.1) is 5.69 Å². The second kappa shape index (κ2) is 8.97. The van der Waals surface area contributed by atoms with Crippen molar-refractivity contribution < 1.29 is 13.6 Å². The maximum Gasteiger partial charge on any atom is 0.272 e. The number of halogens is 3. The monoisotopic (exact) mass is 444 g/mol. The lowest BCUT2D eigenvalue weighted by Gasteiger charge is -2.26. The average molecular weight is 445 g/mol. The molecule has 0 unspecified atom stereocenters. The highest BCUT2D eigenvalue weighted by molar-refractivity contribution is 9.10. The third-order valence-electron chi connectivity index (χ3n) is 4.32. The van der Waals surface area contributed by atoms with Gasteiger partial charge in [-0.2, -0.15) is 0 Å². The Hall–Kier alpha value is -2.73. The van der Waals surface area contributed by atoms with Gasteiger partial charge in [-0.05, 0) is 60.9 Å². The molecule has 0 saturated heterocycles. The fourth-order valence-corrected chi connectivity index (χ4v) is 3.25. The van der Waals surface area contributed by atoms with Crippen LogP contribution in [0.5, 0.6) is 0 Å². The van der Waals surface area contributed by atoms with Gasteiger partial charge in [0.1, 0.15) is 0 Å². The molecule has 0 spiro atoms. The van der Waals surface area contributed by atoms with E-state index in [4.69, 9.17) is 0 Å². The third-order valence-corrected chi connectivity index (χ3v) is 4.82. The van der Waals surface area contributed by atoms with Gasteiger partial charge in [-0.15, -0.1) is 0 Å². The van der Waals surface area contributed by atoms with E-state index < -0.39 is 17.5 Å². The molecule has 1 amide bonds. The first-order valence-corrected chi connectivity index (χ1v) is 9.57. The van der Waals surface area contributed by atoms with Crippen molar-refractivity contribution >= 4 is 27.5 Å². The number of anilines is 1. The van der Waals surface area contributed by atoms with Gasteiger partial charge in [0.2, 0.25) is 0 Å². The summed E-state index contributed by atoms with van der Waals surface area (Å²) in [6.45, 7) is 2.28. The number of hydrogen-bond acceptors (Lipinski definition) is 2. The minimum absolute atomic E-state index is 0.0780. The molecular weight excluding hydrogens is 426 g/mol. The number of hydrogen-bond donors (Lipinski definition) is 1. The van der Waals surface area contributed by atoms with Crippen LogP contribution in [0.3, 0.4) is 0 Å². The molecule has 0 bridgehead atoms. The lowest BCUT2D eigenvalue weighted by Crippen LogP contribution is -2.38. The van der Waals surface area contributed by atoms with Crippen molar-refractivity contribution in [2.75, 3.05) is 12.0 Å². The molecule has 28 heavy (non-hydrogen) atoms. The zero-order valence-electron chi connectivity index (χ0n) is 15.3. The van der Waals surface area contributed by atoms with Crippen molar-refractivity contribution in [2.45, 2.75) is 13.3 Å². The Morgan fingerprint density at radius 3 is 2.43 bits per heavy atom. The second-order valence-corrected chi connectivity index (χ2v) is 7.31. The van der Waals surface area contributed by atoms with E-state index in [0.717, 1.165) is 33.4 Å². The number of aryl methyl sites for hydroxylation is 1. The quantitative estimate of drug-likeness (QED) is 0.491. The highest BCUT2D eigenvalue weighted by atomic mass is 79.9. The highest BCUT2D eigenvalue weighted by Gasteiger charge is 2.18. The van der Waals surface area contributed by atoms with Gasteiger partial charge in [0.15, 0.2) is 11.6 Å². The smallest absolute Gasteiger partial charge is 0.272 e. The molecule has 0 saturated carbocycles. The summed E-state index contributed by atoms with van der Waals surface area (Å²) in [7, 11) is 0. The molecule has 0 aliphatic rings. The van der Waals surface area contributed by atoms with Gasteiger partial charge in [-0.25, -0.2) is 8.78 Å². The number of benzene rings is 3. The lowest BCUT2D eigenvalue weighted by molar-refractivity contribution is 0.0794. The summed E-state index contributed by atoms with van der Waals surface area (Å²) in [6, 6.07) is 18.6. The summed E-state index contributed by atoms with van der Waals surface area (Å²) in [4.78, 5) is 13.0. The Morgan fingerprint density at radius 2 is 1.75 bits per heavy atom. The molecule has 3 nitrogen and oxygen atoms in total. The zero-order valence-corrected chi connectivity index (χ0v) is 16.8. The Labute approximate surface area is 171 Å². The molecular formula is C22H19BrF2N2O. The maximum atomic E-state index is 13.6. The minimum Gasteiger partial charge on any atom is -0.296 e. The topological polar surface area (TPSA) is 32.3 Å². The van der Waals surface area contributed by atoms with Crippen molar-refractivity contribution in [3.05, 3.63) is 99.5 Å². The number of hydrazine groups is 1. The van der Waals surface area contributed by atoms with E-state index >= 15 is 0 Å². The van der Waals surface area contributed by atoms with Crippen molar-refractivity contribution in [3.8, 4) is 0 Å².